The van der Waals surface area contributed by atoms with E-state index in [0.29, 0.717) is 10.5 Å². The van der Waals surface area contributed by atoms with Gasteiger partial charge in [-0.1, -0.05) is 30.3 Å². The highest BCUT2D eigenvalue weighted by atomic mass is 19.4. The Hall–Kier alpha value is -2.89. The van der Waals surface area contributed by atoms with Gasteiger partial charge in [-0.15, -0.1) is 5.10 Å². The van der Waals surface area contributed by atoms with E-state index in [2.05, 4.69) is 10.1 Å². The van der Waals surface area contributed by atoms with Crippen molar-refractivity contribution in [3.05, 3.63) is 48.0 Å². The molecule has 0 unspecified atom stereocenters. The molecule has 2 aromatic rings. The quantitative estimate of drug-likeness (QED) is 0.840. The molecule has 0 saturated carbocycles. The number of amides is 1. The summed E-state index contributed by atoms with van der Waals surface area (Å²) in [6.45, 7) is -1.95. The number of aromatic nitrogens is 3. The number of alkyl halides is 3. The smallest absolute Gasteiger partial charge is 0.328 e. The Morgan fingerprint density at radius 3 is 2.57 bits per heavy atom. The van der Waals surface area contributed by atoms with Crippen molar-refractivity contribution < 1.29 is 18.0 Å². The first-order valence-corrected chi connectivity index (χ1v) is 6.55. The van der Waals surface area contributed by atoms with Crippen LogP contribution in [0, 0.1) is 11.3 Å². The number of nitrogens with zero attached hydrogens (tertiary/aromatic N) is 5. The van der Waals surface area contributed by atoms with Crippen LogP contribution in [0.25, 0.3) is 0 Å². The molecule has 23 heavy (non-hydrogen) atoms. The summed E-state index contributed by atoms with van der Waals surface area (Å²) >= 11 is 0. The van der Waals surface area contributed by atoms with E-state index in [1.807, 2.05) is 0 Å². The minimum atomic E-state index is -4.51. The lowest BCUT2D eigenvalue weighted by molar-refractivity contribution is -0.162. The Morgan fingerprint density at radius 2 is 2.00 bits per heavy atom. The third kappa shape index (κ3) is 5.10. The first kappa shape index (κ1) is 16.5. The van der Waals surface area contributed by atoms with Gasteiger partial charge in [-0.25, -0.2) is 9.67 Å². The molecule has 0 atom stereocenters. The van der Waals surface area contributed by atoms with Gasteiger partial charge in [0.15, 0.2) is 0 Å². The molecule has 0 radical (unpaired) electrons. The van der Waals surface area contributed by atoms with Crippen LogP contribution in [0.3, 0.4) is 0 Å². The summed E-state index contributed by atoms with van der Waals surface area (Å²) in [5, 5.41) is 12.3. The number of hydrogen-bond donors (Lipinski definition) is 0. The van der Waals surface area contributed by atoms with E-state index in [1.165, 1.54) is 0 Å². The minimum Gasteiger partial charge on any atom is -0.328 e. The molecule has 0 aliphatic rings. The number of nitriles is 1. The lowest BCUT2D eigenvalue weighted by Crippen LogP contribution is -2.40. The van der Waals surface area contributed by atoms with E-state index in [1.54, 1.807) is 36.4 Å². The summed E-state index contributed by atoms with van der Waals surface area (Å²) in [5.41, 5.74) is 0.585. The number of halogens is 3. The van der Waals surface area contributed by atoms with Crippen LogP contribution in [0.4, 0.5) is 13.2 Å². The fourth-order valence-corrected chi connectivity index (χ4v) is 1.91. The third-order valence-electron chi connectivity index (χ3n) is 2.87. The minimum absolute atomic E-state index is 0.150. The standard InChI is InChI=1S/C14H12F3N5O/c15-14(16,17)9-21(7-11-4-2-1-3-5-11)13(23)8-22-10-19-12(6-18)20-22/h1-5,10H,7-9H2. The second-order valence-electron chi connectivity index (χ2n) is 4.73. The van der Waals surface area contributed by atoms with E-state index in [0.717, 1.165) is 11.0 Å². The molecule has 0 N–H and O–H groups in total. The van der Waals surface area contributed by atoms with Crippen LogP contribution in [0.15, 0.2) is 36.7 Å². The van der Waals surface area contributed by atoms with Crippen LogP contribution < -0.4 is 0 Å². The van der Waals surface area contributed by atoms with Crippen LogP contribution in [0.1, 0.15) is 11.4 Å². The molecule has 2 rings (SSSR count). The van der Waals surface area contributed by atoms with Crippen molar-refractivity contribution in [2.24, 2.45) is 0 Å². The zero-order chi connectivity index (χ0) is 16.9. The third-order valence-corrected chi connectivity index (χ3v) is 2.87. The highest BCUT2D eigenvalue weighted by Gasteiger charge is 2.33. The predicted molar refractivity (Wildman–Crippen MR) is 72.7 cm³/mol. The molecular weight excluding hydrogens is 311 g/mol. The summed E-state index contributed by atoms with van der Waals surface area (Å²) in [6, 6.07) is 10.1. The van der Waals surface area contributed by atoms with Crippen LogP contribution >= 0.6 is 0 Å². The molecule has 9 heteroatoms. The summed E-state index contributed by atoms with van der Waals surface area (Å²) in [6.07, 6.45) is -3.38. The lowest BCUT2D eigenvalue weighted by Gasteiger charge is -2.24. The average Bonchev–Trinajstić information content (AvgIpc) is 2.94. The van der Waals surface area contributed by atoms with Gasteiger partial charge in [0, 0.05) is 6.54 Å². The number of benzene rings is 1. The Bertz CT molecular complexity index is 705. The zero-order valence-corrected chi connectivity index (χ0v) is 11.9. The van der Waals surface area contributed by atoms with Gasteiger partial charge in [-0.05, 0) is 5.56 Å². The molecule has 0 bridgehead atoms. The van der Waals surface area contributed by atoms with Gasteiger partial charge in [-0.2, -0.15) is 18.4 Å². The summed E-state index contributed by atoms with van der Waals surface area (Å²) in [4.78, 5) is 16.4. The highest BCUT2D eigenvalue weighted by Crippen LogP contribution is 2.18. The van der Waals surface area contributed by atoms with Gasteiger partial charge in [-0.3, -0.25) is 4.79 Å². The second kappa shape index (κ2) is 6.91. The number of hydrogen-bond acceptors (Lipinski definition) is 4. The van der Waals surface area contributed by atoms with Gasteiger partial charge < -0.3 is 4.90 Å². The topological polar surface area (TPSA) is 74.8 Å². The van der Waals surface area contributed by atoms with Gasteiger partial charge in [0.2, 0.25) is 5.91 Å². The van der Waals surface area contributed by atoms with E-state index in [-0.39, 0.29) is 12.4 Å². The van der Waals surface area contributed by atoms with E-state index in [9.17, 15) is 18.0 Å². The molecule has 6 nitrogen and oxygen atoms in total. The normalized spacial score (nSPS) is 11.0. The van der Waals surface area contributed by atoms with Crippen molar-refractivity contribution in [1.82, 2.24) is 19.7 Å². The van der Waals surface area contributed by atoms with Crippen LogP contribution in [-0.2, 0) is 17.9 Å². The summed E-state index contributed by atoms with van der Waals surface area (Å²) < 4.78 is 39.1. The molecule has 120 valence electrons. The molecule has 0 aliphatic heterocycles. The Labute approximate surface area is 129 Å². The highest BCUT2D eigenvalue weighted by molar-refractivity contribution is 5.76. The van der Waals surface area contributed by atoms with E-state index < -0.39 is 25.2 Å². The van der Waals surface area contributed by atoms with Crippen molar-refractivity contribution in [2.45, 2.75) is 19.3 Å². The number of carbonyl (C=O) groups excluding carboxylic acids is 1. The molecule has 0 fully saturated rings. The zero-order valence-electron chi connectivity index (χ0n) is 11.9. The first-order valence-electron chi connectivity index (χ1n) is 6.55. The molecule has 1 heterocycles. The Balaban J connectivity index is 2.12. The second-order valence-corrected chi connectivity index (χ2v) is 4.73. The molecular formula is C14H12F3N5O. The van der Waals surface area contributed by atoms with E-state index in [4.69, 9.17) is 5.26 Å². The molecule has 0 spiro atoms. The Morgan fingerprint density at radius 1 is 1.30 bits per heavy atom. The van der Waals surface area contributed by atoms with Crippen LogP contribution in [0.2, 0.25) is 0 Å². The average molecular weight is 323 g/mol. The van der Waals surface area contributed by atoms with Gasteiger partial charge in [0.25, 0.3) is 5.82 Å². The van der Waals surface area contributed by atoms with Gasteiger partial charge >= 0.3 is 6.18 Å². The molecule has 1 aromatic carbocycles. The van der Waals surface area contributed by atoms with Gasteiger partial charge in [0.1, 0.15) is 25.5 Å². The predicted octanol–water partition coefficient (Wildman–Crippen LogP) is 1.74. The molecule has 0 saturated heterocycles. The number of rotatable bonds is 5. The molecule has 0 aliphatic carbocycles. The van der Waals surface area contributed by atoms with Crippen LogP contribution in [-0.4, -0.2) is 38.3 Å². The fourth-order valence-electron chi connectivity index (χ4n) is 1.91. The van der Waals surface area contributed by atoms with E-state index >= 15 is 0 Å². The van der Waals surface area contributed by atoms with Crippen LogP contribution in [0.5, 0.6) is 0 Å². The summed E-state index contributed by atoms with van der Waals surface area (Å²) in [5.74, 6) is -0.913. The SMILES string of the molecule is N#Cc1ncn(CC(=O)N(Cc2ccccc2)CC(F)(F)F)n1. The maximum Gasteiger partial charge on any atom is 0.406 e. The fraction of sp³-hybridized carbons (Fsp3) is 0.286. The van der Waals surface area contributed by atoms with Crippen molar-refractivity contribution in [2.75, 3.05) is 6.54 Å². The first-order chi connectivity index (χ1) is 10.9. The monoisotopic (exact) mass is 323 g/mol. The van der Waals surface area contributed by atoms with Crippen molar-refractivity contribution in [3.8, 4) is 6.07 Å². The summed E-state index contributed by atoms with van der Waals surface area (Å²) in [7, 11) is 0. The van der Waals surface area contributed by atoms with Gasteiger partial charge in [0.05, 0.1) is 0 Å². The molecule has 1 aromatic heterocycles. The lowest BCUT2D eigenvalue weighted by atomic mass is 10.2. The maximum absolute atomic E-state index is 12.7. The Kier molecular flexibility index (Phi) is 4.95. The maximum atomic E-state index is 12.7. The van der Waals surface area contributed by atoms with Crippen molar-refractivity contribution in [1.29, 1.82) is 5.26 Å². The van der Waals surface area contributed by atoms with Crippen molar-refractivity contribution in [3.63, 3.8) is 0 Å². The largest absolute Gasteiger partial charge is 0.406 e. The molecule has 1 amide bonds. The van der Waals surface area contributed by atoms with Crippen molar-refractivity contribution >= 4 is 5.91 Å². The number of carbonyl (C=O) groups is 1.